The van der Waals surface area contributed by atoms with Crippen molar-refractivity contribution in [1.29, 1.82) is 0 Å². The number of hydrogen-bond donors (Lipinski definition) is 1. The number of H-pyrrole nitrogens is 1. The van der Waals surface area contributed by atoms with E-state index in [9.17, 15) is 8.42 Å². The van der Waals surface area contributed by atoms with E-state index in [1.807, 2.05) is 18.2 Å². The molecular formula is C20H22ClN3O2S. The summed E-state index contributed by atoms with van der Waals surface area (Å²) in [5, 5.41) is 0.264. The van der Waals surface area contributed by atoms with Crippen molar-refractivity contribution >= 4 is 32.6 Å². The van der Waals surface area contributed by atoms with Crippen molar-refractivity contribution in [3.05, 3.63) is 52.9 Å². The smallest absolute Gasteiger partial charge is 0.177 e. The van der Waals surface area contributed by atoms with Crippen molar-refractivity contribution in [3.8, 4) is 0 Å². The van der Waals surface area contributed by atoms with Gasteiger partial charge in [0.1, 0.15) is 5.82 Å². The largest absolute Gasteiger partial charge is 0.340 e. The molecule has 142 valence electrons. The van der Waals surface area contributed by atoms with E-state index >= 15 is 0 Å². The molecule has 1 aromatic carbocycles. The molecule has 1 atom stereocenters. The van der Waals surface area contributed by atoms with Crippen LogP contribution < -0.4 is 0 Å². The summed E-state index contributed by atoms with van der Waals surface area (Å²) in [7, 11) is -3.35. The van der Waals surface area contributed by atoms with Crippen molar-refractivity contribution in [2.24, 2.45) is 5.92 Å². The first-order valence-corrected chi connectivity index (χ1v) is 11.5. The summed E-state index contributed by atoms with van der Waals surface area (Å²) in [5.74, 6) is 1.54. The van der Waals surface area contributed by atoms with Gasteiger partial charge in [-0.1, -0.05) is 43.4 Å². The molecule has 1 saturated carbocycles. The van der Waals surface area contributed by atoms with Gasteiger partial charge in [0.05, 0.1) is 15.4 Å². The molecule has 0 amide bonds. The monoisotopic (exact) mass is 403 g/mol. The number of nitrogens with one attached hydrogen (secondary N) is 1. The number of nitrogens with zero attached hydrogens (tertiary/aromatic N) is 2. The van der Waals surface area contributed by atoms with Crippen LogP contribution in [-0.2, 0) is 9.84 Å². The van der Waals surface area contributed by atoms with Crippen LogP contribution in [0.5, 0.6) is 0 Å². The summed E-state index contributed by atoms with van der Waals surface area (Å²) in [6.07, 6.45) is 8.87. The van der Waals surface area contributed by atoms with Gasteiger partial charge in [-0.05, 0) is 42.2 Å². The molecule has 0 spiro atoms. The van der Waals surface area contributed by atoms with E-state index < -0.39 is 9.84 Å². The standard InChI is InChI=1S/C20H22ClN3O2S/c1-27(25,26)18-9-8-14(12-16(18)21)15(11-13-5-2-3-6-13)19-23-17-7-4-10-22-20(17)24-19/h4,7-10,12-13,15H,2-3,5-6,11H2,1H3,(H,22,23,24). The van der Waals surface area contributed by atoms with Crippen molar-refractivity contribution in [2.75, 3.05) is 6.26 Å². The van der Waals surface area contributed by atoms with Crippen LogP contribution in [-0.4, -0.2) is 29.6 Å². The van der Waals surface area contributed by atoms with Crippen LogP contribution in [0.25, 0.3) is 11.2 Å². The third-order valence-corrected chi connectivity index (χ3v) is 6.99. The van der Waals surface area contributed by atoms with Gasteiger partial charge in [-0.15, -0.1) is 0 Å². The van der Waals surface area contributed by atoms with Crippen LogP contribution in [0, 0.1) is 5.92 Å². The summed E-state index contributed by atoms with van der Waals surface area (Å²) < 4.78 is 23.8. The Bertz CT molecular complexity index is 1040. The highest BCUT2D eigenvalue weighted by atomic mass is 35.5. The number of pyridine rings is 1. The van der Waals surface area contributed by atoms with Crippen LogP contribution in [0.4, 0.5) is 0 Å². The van der Waals surface area contributed by atoms with Crippen molar-refractivity contribution in [1.82, 2.24) is 15.0 Å². The average molecular weight is 404 g/mol. The van der Waals surface area contributed by atoms with Gasteiger partial charge in [-0.2, -0.15) is 0 Å². The van der Waals surface area contributed by atoms with E-state index in [4.69, 9.17) is 16.6 Å². The van der Waals surface area contributed by atoms with E-state index in [-0.39, 0.29) is 15.8 Å². The number of sulfone groups is 1. The molecule has 2 aromatic heterocycles. The number of imidazole rings is 1. The quantitative estimate of drug-likeness (QED) is 0.668. The molecule has 0 aliphatic heterocycles. The SMILES string of the molecule is CS(=O)(=O)c1ccc(C(CC2CCCC2)c2nc3ncccc3[nH]2)cc1Cl. The van der Waals surface area contributed by atoms with Gasteiger partial charge in [0.25, 0.3) is 0 Å². The number of aromatic nitrogens is 3. The van der Waals surface area contributed by atoms with E-state index in [0.717, 1.165) is 23.3 Å². The summed E-state index contributed by atoms with van der Waals surface area (Å²) in [6.45, 7) is 0. The Hall–Kier alpha value is -1.92. The van der Waals surface area contributed by atoms with Gasteiger partial charge in [-0.3, -0.25) is 0 Å². The number of benzene rings is 1. The molecular weight excluding hydrogens is 382 g/mol. The van der Waals surface area contributed by atoms with E-state index in [2.05, 4.69) is 9.97 Å². The predicted octanol–water partition coefficient (Wildman–Crippen LogP) is 4.73. The minimum absolute atomic E-state index is 0.0356. The van der Waals surface area contributed by atoms with Gasteiger partial charge < -0.3 is 4.98 Å². The Morgan fingerprint density at radius 3 is 2.70 bits per heavy atom. The highest BCUT2D eigenvalue weighted by molar-refractivity contribution is 7.90. The highest BCUT2D eigenvalue weighted by Gasteiger charge is 2.26. The molecule has 4 rings (SSSR count). The second kappa shape index (κ2) is 7.24. The maximum absolute atomic E-state index is 11.9. The summed E-state index contributed by atoms with van der Waals surface area (Å²) in [6, 6.07) is 9.09. The van der Waals surface area contributed by atoms with E-state index in [1.54, 1.807) is 18.3 Å². The lowest BCUT2D eigenvalue weighted by atomic mass is 9.87. The molecule has 7 heteroatoms. The van der Waals surface area contributed by atoms with E-state index in [0.29, 0.717) is 11.6 Å². The number of hydrogen-bond acceptors (Lipinski definition) is 4. The van der Waals surface area contributed by atoms with Crippen molar-refractivity contribution < 1.29 is 8.42 Å². The molecule has 1 aliphatic rings. The zero-order chi connectivity index (χ0) is 19.0. The van der Waals surface area contributed by atoms with Crippen LogP contribution >= 0.6 is 11.6 Å². The fourth-order valence-corrected chi connectivity index (χ4v) is 5.39. The fraction of sp³-hybridized carbons (Fsp3) is 0.400. The van der Waals surface area contributed by atoms with Crippen molar-refractivity contribution in [2.45, 2.75) is 42.9 Å². The van der Waals surface area contributed by atoms with Gasteiger partial charge in [-0.25, -0.2) is 18.4 Å². The molecule has 2 heterocycles. The Morgan fingerprint density at radius 1 is 1.26 bits per heavy atom. The number of aromatic amines is 1. The molecule has 1 aliphatic carbocycles. The molecule has 1 fully saturated rings. The topological polar surface area (TPSA) is 75.7 Å². The summed E-state index contributed by atoms with van der Waals surface area (Å²) in [4.78, 5) is 12.6. The van der Waals surface area contributed by atoms with E-state index in [1.165, 1.54) is 31.9 Å². The lowest BCUT2D eigenvalue weighted by Gasteiger charge is -2.20. The zero-order valence-corrected chi connectivity index (χ0v) is 16.7. The van der Waals surface area contributed by atoms with Gasteiger partial charge in [0, 0.05) is 18.4 Å². The average Bonchev–Trinajstić information content (AvgIpc) is 3.27. The third kappa shape index (κ3) is 3.87. The molecule has 3 aromatic rings. The first-order valence-electron chi connectivity index (χ1n) is 9.22. The molecule has 0 bridgehead atoms. The van der Waals surface area contributed by atoms with Gasteiger partial charge in [0.2, 0.25) is 0 Å². The Morgan fingerprint density at radius 2 is 2.04 bits per heavy atom. The number of rotatable bonds is 5. The molecule has 5 nitrogen and oxygen atoms in total. The Kier molecular flexibility index (Phi) is 4.95. The predicted molar refractivity (Wildman–Crippen MR) is 107 cm³/mol. The molecule has 1 N–H and O–H groups in total. The van der Waals surface area contributed by atoms with Crippen LogP contribution in [0.3, 0.4) is 0 Å². The molecule has 0 saturated heterocycles. The Balaban J connectivity index is 1.76. The first-order chi connectivity index (χ1) is 12.9. The van der Waals surface area contributed by atoms with Gasteiger partial charge in [0.15, 0.2) is 15.5 Å². The lowest BCUT2D eigenvalue weighted by molar-refractivity contribution is 0.465. The Labute approximate surface area is 164 Å². The summed E-state index contributed by atoms with van der Waals surface area (Å²) in [5.41, 5.74) is 2.59. The first kappa shape index (κ1) is 18.4. The van der Waals surface area contributed by atoms with Crippen LogP contribution in [0.1, 0.15) is 49.4 Å². The third-order valence-electron chi connectivity index (χ3n) is 5.41. The zero-order valence-electron chi connectivity index (χ0n) is 15.2. The molecule has 1 unspecified atom stereocenters. The molecule has 0 radical (unpaired) electrons. The highest BCUT2D eigenvalue weighted by Crippen LogP contribution is 2.38. The van der Waals surface area contributed by atoms with Crippen LogP contribution in [0.2, 0.25) is 5.02 Å². The van der Waals surface area contributed by atoms with Crippen LogP contribution in [0.15, 0.2) is 41.4 Å². The van der Waals surface area contributed by atoms with Crippen molar-refractivity contribution in [3.63, 3.8) is 0 Å². The minimum Gasteiger partial charge on any atom is -0.340 e. The summed E-state index contributed by atoms with van der Waals surface area (Å²) >= 11 is 6.32. The minimum atomic E-state index is -3.35. The second-order valence-corrected chi connectivity index (χ2v) is 9.79. The maximum atomic E-state index is 11.9. The van der Waals surface area contributed by atoms with Gasteiger partial charge >= 0.3 is 0 Å². The number of halogens is 1. The number of fused-ring (bicyclic) bond motifs is 1. The maximum Gasteiger partial charge on any atom is 0.177 e. The normalized spacial score (nSPS) is 16.8. The fourth-order valence-electron chi connectivity index (χ4n) is 4.05. The molecule has 27 heavy (non-hydrogen) atoms. The second-order valence-electron chi connectivity index (χ2n) is 7.40. The lowest BCUT2D eigenvalue weighted by Crippen LogP contribution is -2.09.